The molecule has 0 aliphatic rings. The summed E-state index contributed by atoms with van der Waals surface area (Å²) in [5, 5.41) is 0. The predicted molar refractivity (Wildman–Crippen MR) is 131 cm³/mol. The summed E-state index contributed by atoms with van der Waals surface area (Å²) in [4.78, 5) is 31.1. The van der Waals surface area contributed by atoms with Crippen molar-refractivity contribution in [3.63, 3.8) is 0 Å². The molecule has 0 spiro atoms. The first-order valence-corrected chi connectivity index (χ1v) is 11.7. The number of amides is 1. The number of nitrogens with zero attached hydrogens (tertiary/aromatic N) is 2. The van der Waals surface area contributed by atoms with Crippen LogP contribution in [0.15, 0.2) is 77.8 Å². The number of rotatable bonds is 6. The maximum absolute atomic E-state index is 13.6. The molecule has 0 radical (unpaired) electrons. The molecule has 0 atom stereocenters. The van der Waals surface area contributed by atoms with E-state index in [1.807, 2.05) is 74.5 Å². The van der Waals surface area contributed by atoms with E-state index < -0.39 is 5.92 Å². The molecule has 1 amide bonds. The van der Waals surface area contributed by atoms with Crippen molar-refractivity contribution in [2.24, 2.45) is 4.99 Å². The lowest BCUT2D eigenvalue weighted by Gasteiger charge is -2.14. The number of hydrogen-bond donors (Lipinski definition) is 0. The van der Waals surface area contributed by atoms with Crippen LogP contribution in [0.25, 0.3) is 10.2 Å². The van der Waals surface area contributed by atoms with Crippen LogP contribution in [0.1, 0.15) is 35.1 Å². The molecule has 0 aliphatic carbocycles. The highest BCUT2D eigenvalue weighted by Crippen LogP contribution is 2.27. The van der Waals surface area contributed by atoms with Crippen LogP contribution in [0, 0.1) is 13.8 Å². The molecule has 0 unspecified atom stereocenters. The molecule has 5 nitrogen and oxygen atoms in total. The number of carbonyl (C=O) groups excluding carboxylic acids is 2. The third kappa shape index (κ3) is 4.96. The fourth-order valence-corrected chi connectivity index (χ4v) is 5.30. The van der Waals surface area contributed by atoms with Crippen molar-refractivity contribution < 1.29 is 14.3 Å². The number of thiazole rings is 1. The highest BCUT2D eigenvalue weighted by molar-refractivity contribution is 7.16. The standard InChI is InChI=1S/C27H26N2O3S/c1-4-32-23(30)17-29-25-19(3)15-18(2)16-22(25)33-27(29)28-26(31)24(20-11-7-5-8-12-20)21-13-9-6-10-14-21/h5-16,24H,4,17H2,1-3H3. The van der Waals surface area contributed by atoms with Crippen molar-refractivity contribution in [3.8, 4) is 0 Å². The fourth-order valence-electron chi connectivity index (χ4n) is 4.09. The van der Waals surface area contributed by atoms with Gasteiger partial charge in [-0.1, -0.05) is 78.1 Å². The number of ether oxygens (including phenoxy) is 1. The molecule has 0 fully saturated rings. The zero-order chi connectivity index (χ0) is 23.4. The summed E-state index contributed by atoms with van der Waals surface area (Å²) in [6.45, 7) is 6.12. The summed E-state index contributed by atoms with van der Waals surface area (Å²) in [5.41, 5.74) is 4.81. The Bertz CT molecular complexity index is 1320. The summed E-state index contributed by atoms with van der Waals surface area (Å²) in [6, 6.07) is 23.4. The molecule has 4 aromatic rings. The number of esters is 1. The van der Waals surface area contributed by atoms with E-state index >= 15 is 0 Å². The minimum atomic E-state index is -0.531. The fraction of sp³-hybridized carbons (Fsp3) is 0.222. The average Bonchev–Trinajstić information content (AvgIpc) is 3.12. The Kier molecular flexibility index (Phi) is 6.84. The van der Waals surface area contributed by atoms with Crippen molar-refractivity contribution in [2.45, 2.75) is 33.2 Å². The third-order valence-corrected chi connectivity index (χ3v) is 6.45. The molecule has 33 heavy (non-hydrogen) atoms. The van der Waals surface area contributed by atoms with E-state index in [1.165, 1.54) is 11.3 Å². The summed E-state index contributed by atoms with van der Waals surface area (Å²) in [7, 11) is 0. The molecule has 1 aromatic heterocycles. The van der Waals surface area contributed by atoms with Crippen LogP contribution in [0.5, 0.6) is 0 Å². The number of aromatic nitrogens is 1. The number of benzene rings is 3. The molecule has 0 saturated carbocycles. The minimum absolute atomic E-state index is 0.00515. The van der Waals surface area contributed by atoms with Crippen molar-refractivity contribution in [3.05, 3.63) is 99.9 Å². The predicted octanol–water partition coefficient (Wildman–Crippen LogP) is 5.14. The normalized spacial score (nSPS) is 11.8. The van der Waals surface area contributed by atoms with E-state index in [9.17, 15) is 9.59 Å². The van der Waals surface area contributed by atoms with Gasteiger partial charge in [-0.3, -0.25) is 9.59 Å². The molecule has 3 aromatic carbocycles. The van der Waals surface area contributed by atoms with Gasteiger partial charge in [0.05, 0.1) is 22.7 Å². The number of hydrogen-bond acceptors (Lipinski definition) is 4. The summed E-state index contributed by atoms with van der Waals surface area (Å²) in [5.74, 6) is -1.16. The summed E-state index contributed by atoms with van der Waals surface area (Å²) < 4.78 is 7.98. The van der Waals surface area contributed by atoms with E-state index in [4.69, 9.17) is 4.74 Å². The van der Waals surface area contributed by atoms with E-state index in [2.05, 4.69) is 17.1 Å². The summed E-state index contributed by atoms with van der Waals surface area (Å²) in [6.07, 6.45) is 0. The highest BCUT2D eigenvalue weighted by Gasteiger charge is 2.23. The smallest absolute Gasteiger partial charge is 0.326 e. The Hall–Kier alpha value is -3.51. The molecule has 6 heteroatoms. The van der Waals surface area contributed by atoms with Gasteiger partial charge in [0.1, 0.15) is 6.54 Å². The molecular formula is C27H26N2O3S. The van der Waals surface area contributed by atoms with Gasteiger partial charge in [-0.25, -0.2) is 0 Å². The van der Waals surface area contributed by atoms with E-state index in [0.29, 0.717) is 11.4 Å². The van der Waals surface area contributed by atoms with Gasteiger partial charge in [0.2, 0.25) is 0 Å². The lowest BCUT2D eigenvalue weighted by Crippen LogP contribution is -2.24. The van der Waals surface area contributed by atoms with E-state index in [-0.39, 0.29) is 18.4 Å². The van der Waals surface area contributed by atoms with Crippen molar-refractivity contribution in [1.82, 2.24) is 4.57 Å². The first-order valence-electron chi connectivity index (χ1n) is 10.9. The Balaban J connectivity index is 1.88. The van der Waals surface area contributed by atoms with Crippen molar-refractivity contribution in [1.29, 1.82) is 0 Å². The maximum atomic E-state index is 13.6. The van der Waals surface area contributed by atoms with Crippen LogP contribution in [-0.4, -0.2) is 23.1 Å². The van der Waals surface area contributed by atoms with Crippen LogP contribution >= 0.6 is 11.3 Å². The van der Waals surface area contributed by atoms with Crippen LogP contribution in [0.3, 0.4) is 0 Å². The summed E-state index contributed by atoms with van der Waals surface area (Å²) >= 11 is 1.42. The first kappa shape index (κ1) is 22.7. The average molecular weight is 459 g/mol. The molecule has 0 bridgehead atoms. The van der Waals surface area contributed by atoms with Gasteiger partial charge in [-0.15, -0.1) is 0 Å². The van der Waals surface area contributed by atoms with Gasteiger partial charge in [0.15, 0.2) is 4.80 Å². The van der Waals surface area contributed by atoms with Crippen LogP contribution in [0.2, 0.25) is 0 Å². The maximum Gasteiger partial charge on any atom is 0.326 e. The first-order chi connectivity index (χ1) is 16.0. The molecule has 0 saturated heterocycles. The van der Waals surface area contributed by atoms with E-state index in [0.717, 1.165) is 32.5 Å². The molecule has 168 valence electrons. The molecular weight excluding hydrogens is 432 g/mol. The van der Waals surface area contributed by atoms with E-state index in [1.54, 1.807) is 11.5 Å². The topological polar surface area (TPSA) is 60.7 Å². The monoisotopic (exact) mass is 458 g/mol. The Morgan fingerprint density at radius 3 is 2.15 bits per heavy atom. The highest BCUT2D eigenvalue weighted by atomic mass is 32.1. The van der Waals surface area contributed by atoms with Gasteiger partial charge in [0.25, 0.3) is 5.91 Å². The number of carbonyl (C=O) groups is 2. The van der Waals surface area contributed by atoms with Crippen molar-refractivity contribution in [2.75, 3.05) is 6.61 Å². The van der Waals surface area contributed by atoms with Gasteiger partial charge in [-0.2, -0.15) is 4.99 Å². The Morgan fingerprint density at radius 1 is 0.970 bits per heavy atom. The molecule has 4 rings (SSSR count). The second-order valence-electron chi connectivity index (χ2n) is 7.91. The number of fused-ring (bicyclic) bond motifs is 1. The van der Waals surface area contributed by atoms with Gasteiger partial charge in [-0.05, 0) is 49.1 Å². The third-order valence-electron chi connectivity index (χ3n) is 5.42. The SMILES string of the molecule is CCOC(=O)Cn1c(=NC(=O)C(c2ccccc2)c2ccccc2)sc2cc(C)cc(C)c21. The largest absolute Gasteiger partial charge is 0.465 e. The van der Waals surface area contributed by atoms with Crippen LogP contribution < -0.4 is 4.80 Å². The van der Waals surface area contributed by atoms with Crippen molar-refractivity contribution >= 4 is 33.4 Å². The second-order valence-corrected chi connectivity index (χ2v) is 8.92. The minimum Gasteiger partial charge on any atom is -0.465 e. The lowest BCUT2D eigenvalue weighted by atomic mass is 9.91. The van der Waals surface area contributed by atoms with Crippen LogP contribution in [-0.2, 0) is 20.9 Å². The van der Waals surface area contributed by atoms with Gasteiger partial charge < -0.3 is 9.30 Å². The molecule has 1 heterocycles. The molecule has 0 aliphatic heterocycles. The molecule has 0 N–H and O–H groups in total. The van der Waals surface area contributed by atoms with Gasteiger partial charge >= 0.3 is 5.97 Å². The lowest BCUT2D eigenvalue weighted by molar-refractivity contribution is -0.143. The Morgan fingerprint density at radius 2 is 1.58 bits per heavy atom. The van der Waals surface area contributed by atoms with Crippen LogP contribution in [0.4, 0.5) is 0 Å². The zero-order valence-electron chi connectivity index (χ0n) is 18.9. The quantitative estimate of drug-likeness (QED) is 0.376. The van der Waals surface area contributed by atoms with Gasteiger partial charge in [0, 0.05) is 0 Å². The second kappa shape index (κ2) is 9.96. The zero-order valence-corrected chi connectivity index (χ0v) is 19.8. The number of aryl methyl sites for hydroxylation is 2. The Labute approximate surface area is 197 Å².